The largest absolute Gasteiger partial charge is 0.504 e. The van der Waals surface area contributed by atoms with Crippen molar-refractivity contribution in [2.45, 2.75) is 12.8 Å². The molecular weight excluding hydrogens is 336 g/mol. The second kappa shape index (κ2) is 7.26. The number of hydrogen-bond acceptors (Lipinski definition) is 7. The summed E-state index contributed by atoms with van der Waals surface area (Å²) in [6.07, 6.45) is 3.01. The molecule has 0 saturated heterocycles. The van der Waals surface area contributed by atoms with Gasteiger partial charge in [-0.1, -0.05) is 0 Å². The third kappa shape index (κ3) is 3.23. The highest BCUT2D eigenvalue weighted by Crippen LogP contribution is 2.34. The van der Waals surface area contributed by atoms with Crippen LogP contribution in [-0.4, -0.2) is 35.1 Å². The van der Waals surface area contributed by atoms with Crippen molar-refractivity contribution < 1.29 is 23.8 Å². The zero-order chi connectivity index (χ0) is 18.7. The van der Waals surface area contributed by atoms with Gasteiger partial charge >= 0.3 is 0 Å². The van der Waals surface area contributed by atoms with E-state index in [9.17, 15) is 9.90 Å². The maximum atomic E-state index is 12.3. The average molecular weight is 354 g/mol. The van der Waals surface area contributed by atoms with E-state index in [1.54, 1.807) is 30.5 Å². The predicted octanol–water partition coefficient (Wildman–Crippen LogP) is 3.18. The molecule has 3 rings (SSSR count). The molecule has 0 aliphatic rings. The Morgan fingerprint density at radius 2 is 1.96 bits per heavy atom. The first-order valence-corrected chi connectivity index (χ1v) is 7.87. The van der Waals surface area contributed by atoms with Crippen molar-refractivity contribution in [1.82, 2.24) is 9.97 Å². The van der Waals surface area contributed by atoms with Crippen molar-refractivity contribution in [2.24, 2.45) is 0 Å². The first kappa shape index (κ1) is 17.5. The number of pyridine rings is 1. The van der Waals surface area contributed by atoms with Gasteiger partial charge < -0.3 is 19.0 Å². The molecule has 26 heavy (non-hydrogen) atoms. The van der Waals surface area contributed by atoms with Gasteiger partial charge in [0.05, 0.1) is 25.6 Å². The molecule has 0 saturated carbocycles. The Morgan fingerprint density at radius 1 is 1.19 bits per heavy atom. The van der Waals surface area contributed by atoms with Gasteiger partial charge in [0.2, 0.25) is 5.89 Å². The number of ether oxygens (including phenoxy) is 2. The van der Waals surface area contributed by atoms with Crippen molar-refractivity contribution in [1.29, 1.82) is 0 Å². The number of methoxy groups -OCH3 is 2. The number of aromatic nitrogens is 2. The van der Waals surface area contributed by atoms with Crippen LogP contribution in [0.1, 0.15) is 24.2 Å². The first-order valence-electron chi connectivity index (χ1n) is 7.87. The maximum Gasteiger partial charge on any atom is 0.226 e. The Kier molecular flexibility index (Phi) is 4.88. The highest BCUT2D eigenvalue weighted by molar-refractivity contribution is 5.86. The summed E-state index contributed by atoms with van der Waals surface area (Å²) in [5.74, 6) is 0.244. The summed E-state index contributed by atoms with van der Waals surface area (Å²) in [6.45, 7) is 1.46. The molecular formula is C19H18N2O5. The third-order valence-corrected chi connectivity index (χ3v) is 3.94. The standard InChI is InChI=1S/C19H18N2O5/c1-11(22)17(18-16(25-3)5-4-8-20-18)13-10-26-19(21-13)12-6-7-15(24-2)14(23)9-12/h4-10,17,23H,1-3H3. The average Bonchev–Trinajstić information content (AvgIpc) is 3.11. The number of rotatable bonds is 6. The van der Waals surface area contributed by atoms with E-state index in [1.165, 1.54) is 33.5 Å². The Balaban J connectivity index is 2.01. The molecule has 1 N–H and O–H groups in total. The second-order valence-electron chi connectivity index (χ2n) is 5.60. The molecule has 0 bridgehead atoms. The fourth-order valence-corrected chi connectivity index (χ4v) is 2.71. The Hall–Kier alpha value is -3.35. The summed E-state index contributed by atoms with van der Waals surface area (Å²) in [7, 11) is 2.99. The third-order valence-electron chi connectivity index (χ3n) is 3.94. The van der Waals surface area contributed by atoms with Crippen molar-refractivity contribution in [2.75, 3.05) is 14.2 Å². The predicted molar refractivity (Wildman–Crippen MR) is 93.5 cm³/mol. The molecule has 0 spiro atoms. The summed E-state index contributed by atoms with van der Waals surface area (Å²) in [6, 6.07) is 8.27. The molecule has 1 atom stereocenters. The molecule has 0 fully saturated rings. The van der Waals surface area contributed by atoms with E-state index in [-0.39, 0.29) is 17.4 Å². The molecule has 0 aliphatic carbocycles. The number of hydrogen-bond donors (Lipinski definition) is 1. The summed E-state index contributed by atoms with van der Waals surface area (Å²) >= 11 is 0. The summed E-state index contributed by atoms with van der Waals surface area (Å²) < 4.78 is 15.9. The quantitative estimate of drug-likeness (QED) is 0.726. The molecule has 1 unspecified atom stereocenters. The first-order chi connectivity index (χ1) is 12.5. The molecule has 3 aromatic rings. The van der Waals surface area contributed by atoms with Crippen LogP contribution in [0.4, 0.5) is 0 Å². The van der Waals surface area contributed by atoms with E-state index in [0.29, 0.717) is 28.5 Å². The van der Waals surface area contributed by atoms with E-state index >= 15 is 0 Å². The van der Waals surface area contributed by atoms with E-state index in [2.05, 4.69) is 9.97 Å². The topological polar surface area (TPSA) is 94.7 Å². The fraction of sp³-hybridized carbons (Fsp3) is 0.211. The molecule has 1 aromatic carbocycles. The molecule has 7 nitrogen and oxygen atoms in total. The Morgan fingerprint density at radius 3 is 2.62 bits per heavy atom. The number of Topliss-reactive ketones (excluding diaryl/α,β-unsaturated/α-hetero) is 1. The minimum absolute atomic E-state index is 0.0285. The van der Waals surface area contributed by atoms with Gasteiger partial charge in [0.25, 0.3) is 0 Å². The van der Waals surface area contributed by atoms with Gasteiger partial charge in [-0.2, -0.15) is 0 Å². The van der Waals surface area contributed by atoms with Crippen LogP contribution in [0.5, 0.6) is 17.2 Å². The van der Waals surface area contributed by atoms with Gasteiger partial charge in [0.15, 0.2) is 11.5 Å². The summed E-state index contributed by atoms with van der Waals surface area (Å²) in [4.78, 5) is 21.0. The number of phenols is 1. The van der Waals surface area contributed by atoms with Crippen LogP contribution < -0.4 is 9.47 Å². The minimum atomic E-state index is -0.713. The molecule has 2 aromatic heterocycles. The van der Waals surface area contributed by atoms with E-state index < -0.39 is 5.92 Å². The lowest BCUT2D eigenvalue weighted by molar-refractivity contribution is -0.117. The number of benzene rings is 1. The number of aromatic hydroxyl groups is 1. The van der Waals surface area contributed by atoms with Crippen molar-refractivity contribution in [3.63, 3.8) is 0 Å². The zero-order valence-electron chi connectivity index (χ0n) is 14.6. The summed E-state index contributed by atoms with van der Waals surface area (Å²) in [5, 5.41) is 9.93. The van der Waals surface area contributed by atoms with Crippen LogP contribution in [0.3, 0.4) is 0 Å². The molecule has 0 aliphatic heterocycles. The highest BCUT2D eigenvalue weighted by Gasteiger charge is 2.27. The zero-order valence-corrected chi connectivity index (χ0v) is 14.6. The molecule has 0 amide bonds. The number of phenolic OH excluding ortho intramolecular Hbond substituents is 1. The smallest absolute Gasteiger partial charge is 0.226 e. The molecule has 7 heteroatoms. The monoisotopic (exact) mass is 354 g/mol. The SMILES string of the molecule is COc1ccc(-c2nc(C(C(C)=O)c3ncccc3OC)co2)cc1O. The maximum absolute atomic E-state index is 12.3. The highest BCUT2D eigenvalue weighted by atomic mass is 16.5. The van der Waals surface area contributed by atoms with Crippen LogP contribution in [0.15, 0.2) is 47.2 Å². The van der Waals surface area contributed by atoms with E-state index in [0.717, 1.165) is 0 Å². The van der Waals surface area contributed by atoms with Crippen LogP contribution in [-0.2, 0) is 4.79 Å². The number of carbonyl (C=O) groups excluding carboxylic acids is 1. The van der Waals surface area contributed by atoms with Gasteiger partial charge in [-0.3, -0.25) is 9.78 Å². The van der Waals surface area contributed by atoms with Crippen molar-refractivity contribution in [3.05, 3.63) is 54.2 Å². The van der Waals surface area contributed by atoms with Crippen molar-refractivity contribution in [3.8, 4) is 28.7 Å². The summed E-state index contributed by atoms with van der Waals surface area (Å²) in [5.41, 5.74) is 1.45. The van der Waals surface area contributed by atoms with Gasteiger partial charge in [-0.05, 0) is 37.3 Å². The van der Waals surface area contributed by atoms with Gasteiger partial charge in [0.1, 0.15) is 23.7 Å². The van der Waals surface area contributed by atoms with Gasteiger partial charge in [-0.25, -0.2) is 4.98 Å². The second-order valence-corrected chi connectivity index (χ2v) is 5.60. The minimum Gasteiger partial charge on any atom is -0.504 e. The van der Waals surface area contributed by atoms with Crippen LogP contribution in [0.25, 0.3) is 11.5 Å². The number of oxazole rings is 1. The lowest BCUT2D eigenvalue weighted by Gasteiger charge is -2.13. The van der Waals surface area contributed by atoms with Crippen molar-refractivity contribution >= 4 is 5.78 Å². The normalized spacial score (nSPS) is 11.8. The number of ketones is 1. The fourth-order valence-electron chi connectivity index (χ4n) is 2.71. The van der Waals surface area contributed by atoms with Crippen LogP contribution >= 0.6 is 0 Å². The van der Waals surface area contributed by atoms with Crippen LogP contribution in [0.2, 0.25) is 0 Å². The molecule has 2 heterocycles. The Bertz CT molecular complexity index is 935. The lowest BCUT2D eigenvalue weighted by Crippen LogP contribution is -2.14. The van der Waals surface area contributed by atoms with E-state index in [1.807, 2.05) is 0 Å². The molecule has 134 valence electrons. The lowest BCUT2D eigenvalue weighted by atomic mass is 9.96. The van der Waals surface area contributed by atoms with Gasteiger partial charge in [-0.15, -0.1) is 0 Å². The van der Waals surface area contributed by atoms with E-state index in [4.69, 9.17) is 13.9 Å². The number of carbonyl (C=O) groups is 1. The van der Waals surface area contributed by atoms with Gasteiger partial charge in [0, 0.05) is 11.8 Å². The number of nitrogens with zero attached hydrogens (tertiary/aromatic N) is 2. The van der Waals surface area contributed by atoms with Crippen LogP contribution in [0, 0.1) is 0 Å². The Labute approximate surface area is 150 Å². The molecule has 0 radical (unpaired) electrons.